The summed E-state index contributed by atoms with van der Waals surface area (Å²) in [6.45, 7) is 1.18. The van der Waals surface area contributed by atoms with Gasteiger partial charge in [-0.05, 0) is 61.1 Å². The molecular weight excluding hydrogens is 522 g/mol. The Bertz CT molecular complexity index is 1280. The number of hydrogen-bond donors (Lipinski definition) is 4. The first-order valence-corrected chi connectivity index (χ1v) is 13.3. The molecule has 3 aromatic rings. The standard InChI is InChI=1S/C28H34ClN5O5/c1-37-13-14-39-27(36)21-5-3-4-6-23(21)32-26-22(29)17-31-28(34-26)33-24-15-18-7-9-20(30-11-12-35)10-8-19(18)16-25(24)38-2/h3-6,15-17,20,30,35H,7-14H2,1-2H3,(H2,31,32,33,34). The summed E-state index contributed by atoms with van der Waals surface area (Å²) in [5.74, 6) is 0.851. The number of fused-ring (bicyclic) bond motifs is 1. The highest BCUT2D eigenvalue weighted by Crippen LogP contribution is 2.34. The Labute approximate surface area is 233 Å². The average molecular weight is 556 g/mol. The number of aliphatic hydroxyl groups is 1. The number of benzene rings is 2. The van der Waals surface area contributed by atoms with Crippen molar-refractivity contribution in [3.8, 4) is 5.75 Å². The minimum atomic E-state index is -0.484. The quantitative estimate of drug-likeness (QED) is 0.146. The first kappa shape index (κ1) is 28.6. The van der Waals surface area contributed by atoms with Gasteiger partial charge in [0.1, 0.15) is 17.4 Å². The topological polar surface area (TPSA) is 127 Å². The number of halogens is 1. The van der Waals surface area contributed by atoms with Crippen molar-refractivity contribution in [3.63, 3.8) is 0 Å². The summed E-state index contributed by atoms with van der Waals surface area (Å²) in [7, 11) is 3.18. The van der Waals surface area contributed by atoms with Crippen molar-refractivity contribution < 1.29 is 24.1 Å². The number of rotatable bonds is 12. The number of carbonyl (C=O) groups is 1. The highest BCUT2D eigenvalue weighted by Gasteiger charge is 2.20. The lowest BCUT2D eigenvalue weighted by atomic mass is 10.0. The third-order valence-electron chi connectivity index (χ3n) is 6.50. The molecule has 1 atom stereocenters. The minimum Gasteiger partial charge on any atom is -0.495 e. The van der Waals surface area contributed by atoms with Gasteiger partial charge in [-0.2, -0.15) is 4.98 Å². The van der Waals surface area contributed by atoms with Crippen LogP contribution in [0.5, 0.6) is 5.75 Å². The van der Waals surface area contributed by atoms with Crippen molar-refractivity contribution in [2.75, 3.05) is 51.2 Å². The van der Waals surface area contributed by atoms with Crippen LogP contribution in [0, 0.1) is 0 Å². The minimum absolute atomic E-state index is 0.132. The average Bonchev–Trinajstić information content (AvgIpc) is 3.15. The second-order valence-electron chi connectivity index (χ2n) is 9.09. The maximum absolute atomic E-state index is 12.6. The predicted octanol–water partition coefficient (Wildman–Crippen LogP) is 4.26. The third-order valence-corrected chi connectivity index (χ3v) is 6.78. The number of carbonyl (C=O) groups excluding carboxylic acids is 1. The van der Waals surface area contributed by atoms with E-state index in [0.29, 0.717) is 53.0 Å². The number of nitrogens with zero attached hydrogens (tertiary/aromatic N) is 2. The van der Waals surface area contributed by atoms with E-state index in [1.54, 1.807) is 38.5 Å². The zero-order chi connectivity index (χ0) is 27.6. The smallest absolute Gasteiger partial charge is 0.340 e. The maximum atomic E-state index is 12.6. The Kier molecular flexibility index (Phi) is 10.3. The number of para-hydroxylation sites is 1. The van der Waals surface area contributed by atoms with Gasteiger partial charge < -0.3 is 35.3 Å². The highest BCUT2D eigenvalue weighted by atomic mass is 35.5. The fourth-order valence-corrected chi connectivity index (χ4v) is 4.64. The normalized spacial score (nSPS) is 14.7. The van der Waals surface area contributed by atoms with Crippen molar-refractivity contribution in [1.82, 2.24) is 15.3 Å². The number of aryl methyl sites for hydroxylation is 2. The van der Waals surface area contributed by atoms with E-state index >= 15 is 0 Å². The summed E-state index contributed by atoms with van der Waals surface area (Å²) in [6.07, 6.45) is 5.31. The summed E-state index contributed by atoms with van der Waals surface area (Å²) in [5.41, 5.74) is 4.07. The molecule has 0 amide bonds. The summed E-state index contributed by atoms with van der Waals surface area (Å²) in [6, 6.07) is 11.5. The Morgan fingerprint density at radius 3 is 2.59 bits per heavy atom. The van der Waals surface area contributed by atoms with Crippen LogP contribution in [-0.2, 0) is 22.3 Å². The number of methoxy groups -OCH3 is 2. The second kappa shape index (κ2) is 14.1. The molecule has 39 heavy (non-hydrogen) atoms. The largest absolute Gasteiger partial charge is 0.495 e. The summed E-state index contributed by atoms with van der Waals surface area (Å²) in [4.78, 5) is 21.5. The second-order valence-corrected chi connectivity index (χ2v) is 9.49. The van der Waals surface area contributed by atoms with Crippen LogP contribution < -0.4 is 20.7 Å². The zero-order valence-corrected chi connectivity index (χ0v) is 22.9. The molecule has 0 fully saturated rings. The van der Waals surface area contributed by atoms with E-state index in [-0.39, 0.29) is 13.2 Å². The molecule has 1 aliphatic rings. The van der Waals surface area contributed by atoms with E-state index in [9.17, 15) is 4.79 Å². The third kappa shape index (κ3) is 7.57. The van der Waals surface area contributed by atoms with Gasteiger partial charge in [0, 0.05) is 19.7 Å². The highest BCUT2D eigenvalue weighted by molar-refractivity contribution is 6.33. The van der Waals surface area contributed by atoms with Gasteiger partial charge in [-0.1, -0.05) is 23.7 Å². The molecule has 0 saturated heterocycles. The van der Waals surface area contributed by atoms with E-state index in [4.69, 9.17) is 30.9 Å². The maximum Gasteiger partial charge on any atom is 0.340 e. The van der Waals surface area contributed by atoms with E-state index in [2.05, 4.69) is 38.1 Å². The van der Waals surface area contributed by atoms with Crippen molar-refractivity contribution in [2.45, 2.75) is 31.7 Å². The number of nitrogens with one attached hydrogen (secondary N) is 3. The van der Waals surface area contributed by atoms with Crippen LogP contribution in [0.15, 0.2) is 42.6 Å². The number of anilines is 4. The molecule has 0 saturated carbocycles. The van der Waals surface area contributed by atoms with Crippen LogP contribution in [-0.4, -0.2) is 67.7 Å². The molecule has 1 aliphatic carbocycles. The van der Waals surface area contributed by atoms with Gasteiger partial charge in [-0.3, -0.25) is 0 Å². The predicted molar refractivity (Wildman–Crippen MR) is 151 cm³/mol. The zero-order valence-electron chi connectivity index (χ0n) is 22.1. The van der Waals surface area contributed by atoms with Crippen LogP contribution in [0.25, 0.3) is 0 Å². The van der Waals surface area contributed by atoms with Gasteiger partial charge in [0.2, 0.25) is 5.95 Å². The molecule has 1 heterocycles. The lowest BCUT2D eigenvalue weighted by Gasteiger charge is -2.16. The summed E-state index contributed by atoms with van der Waals surface area (Å²) in [5, 5.41) is 19.2. The van der Waals surface area contributed by atoms with Crippen molar-refractivity contribution in [3.05, 3.63) is 64.3 Å². The van der Waals surface area contributed by atoms with E-state index < -0.39 is 5.97 Å². The van der Waals surface area contributed by atoms with E-state index in [0.717, 1.165) is 31.4 Å². The molecule has 0 radical (unpaired) electrons. The molecule has 4 N–H and O–H groups in total. The van der Waals surface area contributed by atoms with Crippen LogP contribution in [0.2, 0.25) is 5.02 Å². The van der Waals surface area contributed by atoms with Crippen molar-refractivity contribution in [1.29, 1.82) is 0 Å². The molecule has 10 nitrogen and oxygen atoms in total. The fraction of sp³-hybridized carbons (Fsp3) is 0.393. The number of aromatic nitrogens is 2. The first-order chi connectivity index (χ1) is 19.0. The molecule has 1 unspecified atom stereocenters. The Morgan fingerprint density at radius 2 is 1.85 bits per heavy atom. The van der Waals surface area contributed by atoms with E-state index in [1.165, 1.54) is 17.3 Å². The first-order valence-electron chi connectivity index (χ1n) is 12.9. The lowest BCUT2D eigenvalue weighted by molar-refractivity contribution is 0.0389. The van der Waals surface area contributed by atoms with Crippen molar-refractivity contribution >= 4 is 40.7 Å². The monoisotopic (exact) mass is 555 g/mol. The van der Waals surface area contributed by atoms with Gasteiger partial charge in [0.25, 0.3) is 0 Å². The Hall–Kier alpha value is -3.44. The molecule has 11 heteroatoms. The van der Waals surface area contributed by atoms with Crippen LogP contribution in [0.1, 0.15) is 34.3 Å². The SMILES string of the molecule is COCCOC(=O)c1ccccc1Nc1nc(Nc2cc3c(cc2OC)CCC(NCCO)CC3)ncc1Cl. The van der Waals surface area contributed by atoms with Crippen LogP contribution in [0.3, 0.4) is 0 Å². The Balaban J connectivity index is 1.53. The van der Waals surface area contributed by atoms with Gasteiger partial charge in [0.15, 0.2) is 5.82 Å². The number of esters is 1. The molecule has 0 spiro atoms. The van der Waals surface area contributed by atoms with Gasteiger partial charge in [-0.15, -0.1) is 0 Å². The summed E-state index contributed by atoms with van der Waals surface area (Å²) < 4.78 is 15.9. The van der Waals surface area contributed by atoms with Gasteiger partial charge in [0.05, 0.1) is 43.5 Å². The Morgan fingerprint density at radius 1 is 1.08 bits per heavy atom. The molecule has 1 aromatic heterocycles. The molecule has 0 bridgehead atoms. The van der Waals surface area contributed by atoms with E-state index in [1.807, 2.05) is 0 Å². The van der Waals surface area contributed by atoms with Crippen molar-refractivity contribution in [2.24, 2.45) is 0 Å². The molecule has 208 valence electrons. The lowest BCUT2D eigenvalue weighted by Crippen LogP contribution is -2.31. The number of hydrogen-bond acceptors (Lipinski definition) is 10. The molecule has 2 aromatic carbocycles. The van der Waals surface area contributed by atoms with Gasteiger partial charge >= 0.3 is 5.97 Å². The molecular formula is C28H34ClN5O5. The van der Waals surface area contributed by atoms with Crippen LogP contribution in [0.4, 0.5) is 23.1 Å². The molecule has 0 aliphatic heterocycles. The van der Waals surface area contributed by atoms with Crippen LogP contribution >= 0.6 is 11.6 Å². The molecule has 4 rings (SSSR count). The van der Waals surface area contributed by atoms with Gasteiger partial charge in [-0.25, -0.2) is 9.78 Å². The number of ether oxygens (including phenoxy) is 3. The summed E-state index contributed by atoms with van der Waals surface area (Å²) >= 11 is 6.41. The number of aliphatic hydroxyl groups excluding tert-OH is 1. The fourth-order valence-electron chi connectivity index (χ4n) is 4.50.